The van der Waals surface area contributed by atoms with Crippen LogP contribution in [0.25, 0.3) is 10.8 Å². The molecule has 0 aromatic heterocycles. The molecule has 0 amide bonds. The van der Waals surface area contributed by atoms with Gasteiger partial charge in [0.1, 0.15) is 11.6 Å². The normalized spacial score (nSPS) is 18.7. The zero-order valence-electron chi connectivity index (χ0n) is 20.3. The molecule has 0 radical (unpaired) electrons. The Hall–Kier alpha value is -2.56. The summed E-state index contributed by atoms with van der Waals surface area (Å²) in [6.07, 6.45) is 6.63. The molecule has 188 valence electrons. The van der Waals surface area contributed by atoms with E-state index in [1.807, 2.05) is 18.2 Å². The van der Waals surface area contributed by atoms with Gasteiger partial charge in [-0.2, -0.15) is 0 Å². The summed E-state index contributed by atoms with van der Waals surface area (Å²) in [6, 6.07) is 15.6. The van der Waals surface area contributed by atoms with E-state index in [0.29, 0.717) is 23.8 Å². The third-order valence-electron chi connectivity index (χ3n) is 7.44. The van der Waals surface area contributed by atoms with E-state index < -0.39 is 6.36 Å². The second-order valence-corrected chi connectivity index (χ2v) is 10.0. The molecule has 0 unspecified atom stereocenters. The average Bonchev–Trinajstić information content (AvgIpc) is 2.83. The average molecular weight is 487 g/mol. The van der Waals surface area contributed by atoms with Crippen LogP contribution in [-0.2, 0) is 19.3 Å². The molecule has 0 saturated heterocycles. The number of halogens is 4. The van der Waals surface area contributed by atoms with Crippen molar-refractivity contribution in [3.05, 3.63) is 77.1 Å². The van der Waals surface area contributed by atoms with Gasteiger partial charge in [-0.25, -0.2) is 4.39 Å². The molecule has 0 N–H and O–H groups in total. The van der Waals surface area contributed by atoms with E-state index in [4.69, 9.17) is 0 Å². The summed E-state index contributed by atoms with van der Waals surface area (Å²) in [5.74, 6) is 1.28. The third-order valence-corrected chi connectivity index (χ3v) is 7.44. The number of benzene rings is 3. The Bertz CT molecular complexity index is 1100. The summed E-state index contributed by atoms with van der Waals surface area (Å²) in [5, 5.41) is 1.55. The highest BCUT2D eigenvalue weighted by Crippen LogP contribution is 2.34. The highest BCUT2D eigenvalue weighted by atomic mass is 19.4. The summed E-state index contributed by atoms with van der Waals surface area (Å²) >= 11 is 0. The van der Waals surface area contributed by atoms with Crippen LogP contribution in [0.4, 0.5) is 17.6 Å². The zero-order chi connectivity index (χ0) is 24.8. The number of hydrogen-bond acceptors (Lipinski definition) is 1. The zero-order valence-corrected chi connectivity index (χ0v) is 20.3. The van der Waals surface area contributed by atoms with Crippen LogP contribution in [-0.4, -0.2) is 6.36 Å². The number of rotatable bonds is 9. The molecule has 1 aliphatic rings. The lowest BCUT2D eigenvalue weighted by molar-refractivity contribution is -0.274. The second-order valence-electron chi connectivity index (χ2n) is 10.0. The number of hydrogen-bond donors (Lipinski definition) is 0. The summed E-state index contributed by atoms with van der Waals surface area (Å²) in [7, 11) is 0. The van der Waals surface area contributed by atoms with Gasteiger partial charge in [-0.1, -0.05) is 87.9 Å². The van der Waals surface area contributed by atoms with Crippen LogP contribution in [0.1, 0.15) is 68.6 Å². The largest absolute Gasteiger partial charge is 0.573 e. The number of alkyl halides is 3. The van der Waals surface area contributed by atoms with E-state index in [2.05, 4.69) is 23.8 Å². The molecule has 4 rings (SSSR count). The van der Waals surface area contributed by atoms with Gasteiger partial charge in [-0.3, -0.25) is 0 Å². The first-order valence-electron chi connectivity index (χ1n) is 12.9. The molecule has 1 aliphatic carbocycles. The van der Waals surface area contributed by atoms with Gasteiger partial charge >= 0.3 is 6.36 Å². The lowest BCUT2D eigenvalue weighted by Gasteiger charge is -2.28. The topological polar surface area (TPSA) is 9.23 Å². The van der Waals surface area contributed by atoms with E-state index in [1.54, 1.807) is 12.1 Å². The Morgan fingerprint density at radius 2 is 1.43 bits per heavy atom. The maximum Gasteiger partial charge on any atom is 0.573 e. The van der Waals surface area contributed by atoms with Gasteiger partial charge in [-0.15, -0.1) is 13.2 Å². The van der Waals surface area contributed by atoms with E-state index in [9.17, 15) is 13.2 Å². The lowest BCUT2D eigenvalue weighted by Crippen LogP contribution is -2.17. The molecule has 0 aliphatic heterocycles. The quantitative estimate of drug-likeness (QED) is 0.274. The van der Waals surface area contributed by atoms with Crippen molar-refractivity contribution in [2.24, 2.45) is 11.8 Å². The van der Waals surface area contributed by atoms with Crippen LogP contribution in [0.15, 0.2) is 54.6 Å². The molecule has 1 saturated carbocycles. The summed E-state index contributed by atoms with van der Waals surface area (Å²) < 4.78 is 56.0. The van der Waals surface area contributed by atoms with E-state index in [0.717, 1.165) is 29.2 Å². The fourth-order valence-electron chi connectivity index (χ4n) is 5.46. The van der Waals surface area contributed by atoms with Gasteiger partial charge in [-0.05, 0) is 71.7 Å². The van der Waals surface area contributed by atoms with Crippen molar-refractivity contribution in [1.82, 2.24) is 0 Å². The van der Waals surface area contributed by atoms with Crippen LogP contribution in [0.5, 0.6) is 5.75 Å². The first-order valence-corrected chi connectivity index (χ1v) is 12.9. The van der Waals surface area contributed by atoms with Crippen LogP contribution in [0.2, 0.25) is 0 Å². The van der Waals surface area contributed by atoms with Crippen molar-refractivity contribution < 1.29 is 22.3 Å². The predicted molar refractivity (Wildman–Crippen MR) is 133 cm³/mol. The molecule has 1 nitrogen and oxygen atoms in total. The molecular weight excluding hydrogens is 452 g/mol. The molecule has 0 heterocycles. The number of aryl methyl sites for hydroxylation is 3. The molecular formula is C30H34F4O. The fourth-order valence-corrected chi connectivity index (χ4v) is 5.46. The first-order chi connectivity index (χ1) is 16.8. The molecule has 0 bridgehead atoms. The van der Waals surface area contributed by atoms with Crippen molar-refractivity contribution in [2.75, 3.05) is 0 Å². The minimum atomic E-state index is -4.70. The standard InChI is InChI=1S/C30H34F4O/c1-2-3-21-4-6-22(7-5-21)8-9-24-13-19-28-26(20-24)16-15-25(29(28)31)14-10-23-11-17-27(18-12-23)35-30(32,33)34/h11-13,15-22H,2-10,14H2,1H3. The minimum absolute atomic E-state index is 0.208. The Kier molecular flexibility index (Phi) is 8.35. The van der Waals surface area contributed by atoms with Crippen molar-refractivity contribution in [2.45, 2.75) is 77.5 Å². The van der Waals surface area contributed by atoms with Crippen molar-refractivity contribution in [1.29, 1.82) is 0 Å². The SMILES string of the molecule is CCCC1CCC(CCc2ccc3c(F)c(CCc4ccc(OC(F)(F)F)cc4)ccc3c2)CC1. The maximum atomic E-state index is 15.2. The fraction of sp³-hybridized carbons (Fsp3) is 0.467. The highest BCUT2D eigenvalue weighted by Gasteiger charge is 2.31. The van der Waals surface area contributed by atoms with Crippen LogP contribution < -0.4 is 4.74 Å². The molecule has 3 aromatic carbocycles. The molecule has 1 fully saturated rings. The third kappa shape index (κ3) is 7.22. The van der Waals surface area contributed by atoms with Crippen LogP contribution >= 0.6 is 0 Å². The van der Waals surface area contributed by atoms with Gasteiger partial charge in [0.15, 0.2) is 0 Å². The molecule has 0 atom stereocenters. The minimum Gasteiger partial charge on any atom is -0.406 e. The van der Waals surface area contributed by atoms with Gasteiger partial charge < -0.3 is 4.74 Å². The number of fused-ring (bicyclic) bond motifs is 1. The number of ether oxygens (including phenoxy) is 1. The van der Waals surface area contributed by atoms with Gasteiger partial charge in [0.05, 0.1) is 0 Å². The smallest absolute Gasteiger partial charge is 0.406 e. The molecule has 0 spiro atoms. The van der Waals surface area contributed by atoms with Crippen molar-refractivity contribution in [3.63, 3.8) is 0 Å². The molecule has 5 heteroatoms. The maximum absolute atomic E-state index is 15.2. The Morgan fingerprint density at radius 3 is 2.09 bits per heavy atom. The Morgan fingerprint density at radius 1 is 0.771 bits per heavy atom. The first kappa shape index (κ1) is 25.5. The summed E-state index contributed by atoms with van der Waals surface area (Å²) in [6.45, 7) is 2.27. The van der Waals surface area contributed by atoms with E-state index in [-0.39, 0.29) is 11.6 Å². The summed E-state index contributed by atoms with van der Waals surface area (Å²) in [4.78, 5) is 0. The molecule has 35 heavy (non-hydrogen) atoms. The Labute approximate surface area is 205 Å². The summed E-state index contributed by atoms with van der Waals surface area (Å²) in [5.41, 5.74) is 2.71. The van der Waals surface area contributed by atoms with E-state index >= 15 is 4.39 Å². The lowest BCUT2D eigenvalue weighted by atomic mass is 9.78. The van der Waals surface area contributed by atoms with Gasteiger partial charge in [0.25, 0.3) is 0 Å². The Balaban J connectivity index is 1.33. The van der Waals surface area contributed by atoms with Gasteiger partial charge in [0.2, 0.25) is 0 Å². The van der Waals surface area contributed by atoms with Crippen LogP contribution in [0.3, 0.4) is 0 Å². The van der Waals surface area contributed by atoms with Gasteiger partial charge in [0, 0.05) is 5.39 Å². The van der Waals surface area contributed by atoms with Crippen molar-refractivity contribution in [3.8, 4) is 5.75 Å². The molecule has 3 aromatic rings. The van der Waals surface area contributed by atoms with Crippen LogP contribution in [0, 0.1) is 17.7 Å². The van der Waals surface area contributed by atoms with E-state index in [1.165, 1.54) is 62.6 Å². The highest BCUT2D eigenvalue weighted by molar-refractivity contribution is 5.84. The van der Waals surface area contributed by atoms with Crippen molar-refractivity contribution >= 4 is 10.8 Å². The predicted octanol–water partition coefficient (Wildman–Crippen LogP) is 9.20. The second kappa shape index (κ2) is 11.5. The monoisotopic (exact) mass is 486 g/mol.